The maximum atomic E-state index is 9.51. The number of aliphatic hydroxyl groups is 1. The van der Waals surface area contributed by atoms with Crippen LogP contribution in [0.4, 0.5) is 0 Å². The van der Waals surface area contributed by atoms with Crippen LogP contribution in [0, 0.1) is 0 Å². The molecule has 2 nitrogen and oxygen atoms in total. The molecule has 0 amide bonds. The van der Waals surface area contributed by atoms with E-state index in [2.05, 4.69) is 4.90 Å². The van der Waals surface area contributed by atoms with Crippen LogP contribution in [0.1, 0.15) is 32.1 Å². The summed E-state index contributed by atoms with van der Waals surface area (Å²) >= 11 is 1.70. The van der Waals surface area contributed by atoms with Crippen LogP contribution in [0.5, 0.6) is 0 Å². The van der Waals surface area contributed by atoms with E-state index in [4.69, 9.17) is 0 Å². The molecule has 12 heavy (non-hydrogen) atoms. The van der Waals surface area contributed by atoms with Gasteiger partial charge in [0.15, 0.2) is 5.88 Å². The standard InChI is InChI=1S/C9H15NOS/c11-9-6-12-7-10(9)8-4-2-1-3-5-8/h6,8,11H,1-5,7H2. The summed E-state index contributed by atoms with van der Waals surface area (Å²) in [6.07, 6.45) is 6.57. The fourth-order valence-corrected chi connectivity index (χ4v) is 2.87. The van der Waals surface area contributed by atoms with Gasteiger partial charge in [-0.2, -0.15) is 0 Å². The number of rotatable bonds is 1. The fourth-order valence-electron chi connectivity index (χ4n) is 2.01. The Bertz CT molecular complexity index is 187. The molecule has 1 heterocycles. The molecule has 0 spiro atoms. The van der Waals surface area contributed by atoms with Gasteiger partial charge >= 0.3 is 0 Å². The van der Waals surface area contributed by atoms with E-state index >= 15 is 0 Å². The molecule has 2 rings (SSSR count). The van der Waals surface area contributed by atoms with Gasteiger partial charge in [0, 0.05) is 11.4 Å². The quantitative estimate of drug-likeness (QED) is 0.679. The van der Waals surface area contributed by atoms with Crippen molar-refractivity contribution < 1.29 is 5.11 Å². The lowest BCUT2D eigenvalue weighted by Gasteiger charge is -2.31. The molecule has 1 fully saturated rings. The summed E-state index contributed by atoms with van der Waals surface area (Å²) in [6.45, 7) is 0. The second-order valence-electron chi connectivity index (χ2n) is 3.53. The zero-order chi connectivity index (χ0) is 8.39. The predicted molar refractivity (Wildman–Crippen MR) is 51.9 cm³/mol. The van der Waals surface area contributed by atoms with Gasteiger partial charge in [0.25, 0.3) is 0 Å². The van der Waals surface area contributed by atoms with Crippen LogP contribution < -0.4 is 0 Å². The summed E-state index contributed by atoms with van der Waals surface area (Å²) < 4.78 is 0. The number of hydrogen-bond donors (Lipinski definition) is 1. The zero-order valence-corrected chi connectivity index (χ0v) is 8.02. The molecule has 2 aliphatic rings. The van der Waals surface area contributed by atoms with Gasteiger partial charge < -0.3 is 10.0 Å². The minimum atomic E-state index is 0.493. The first-order chi connectivity index (χ1) is 5.88. The van der Waals surface area contributed by atoms with Crippen molar-refractivity contribution in [2.24, 2.45) is 0 Å². The Morgan fingerprint density at radius 2 is 2.08 bits per heavy atom. The molecular weight excluding hydrogens is 170 g/mol. The minimum Gasteiger partial charge on any atom is -0.494 e. The summed E-state index contributed by atoms with van der Waals surface area (Å²) in [5.41, 5.74) is 0. The van der Waals surface area contributed by atoms with Crippen molar-refractivity contribution in [2.45, 2.75) is 38.1 Å². The van der Waals surface area contributed by atoms with Crippen LogP contribution in [0.25, 0.3) is 0 Å². The Morgan fingerprint density at radius 3 is 2.67 bits per heavy atom. The molecule has 68 valence electrons. The van der Waals surface area contributed by atoms with Crippen LogP contribution in [0.15, 0.2) is 11.3 Å². The van der Waals surface area contributed by atoms with Crippen molar-refractivity contribution in [3.05, 3.63) is 11.3 Å². The van der Waals surface area contributed by atoms with E-state index in [0.29, 0.717) is 11.9 Å². The van der Waals surface area contributed by atoms with Crippen molar-refractivity contribution in [1.29, 1.82) is 0 Å². The monoisotopic (exact) mass is 185 g/mol. The van der Waals surface area contributed by atoms with Crippen molar-refractivity contribution in [2.75, 3.05) is 5.88 Å². The highest BCUT2D eigenvalue weighted by Crippen LogP contribution is 2.30. The number of thioether (sulfide) groups is 1. The van der Waals surface area contributed by atoms with Crippen molar-refractivity contribution in [3.8, 4) is 0 Å². The van der Waals surface area contributed by atoms with E-state index in [1.165, 1.54) is 32.1 Å². The molecule has 0 bridgehead atoms. The Labute approximate surface area is 77.6 Å². The van der Waals surface area contributed by atoms with Gasteiger partial charge in [-0.05, 0) is 12.8 Å². The van der Waals surface area contributed by atoms with E-state index in [1.54, 1.807) is 11.8 Å². The van der Waals surface area contributed by atoms with Crippen LogP contribution in [-0.2, 0) is 0 Å². The first kappa shape index (κ1) is 8.30. The van der Waals surface area contributed by atoms with E-state index in [-0.39, 0.29) is 0 Å². The van der Waals surface area contributed by atoms with E-state index in [9.17, 15) is 5.11 Å². The van der Waals surface area contributed by atoms with Crippen molar-refractivity contribution in [1.82, 2.24) is 4.90 Å². The van der Waals surface area contributed by atoms with Crippen LogP contribution >= 0.6 is 11.8 Å². The number of nitrogens with zero attached hydrogens (tertiary/aromatic N) is 1. The molecule has 1 aliphatic heterocycles. The Hall–Kier alpha value is -0.310. The highest BCUT2D eigenvalue weighted by atomic mass is 32.2. The average molecular weight is 185 g/mol. The summed E-state index contributed by atoms with van der Waals surface area (Å²) in [4.78, 5) is 2.14. The third-order valence-electron chi connectivity index (χ3n) is 2.71. The third-order valence-corrected chi connectivity index (χ3v) is 3.52. The molecule has 1 aliphatic carbocycles. The molecule has 0 unspecified atom stereocenters. The largest absolute Gasteiger partial charge is 0.494 e. The first-order valence-electron chi connectivity index (χ1n) is 4.65. The lowest BCUT2D eigenvalue weighted by atomic mass is 9.95. The molecular formula is C9H15NOS. The normalized spacial score (nSPS) is 26.0. The molecule has 0 aromatic heterocycles. The first-order valence-corrected chi connectivity index (χ1v) is 5.70. The van der Waals surface area contributed by atoms with Gasteiger partial charge in [0.2, 0.25) is 0 Å². The second kappa shape index (κ2) is 3.60. The number of hydrogen-bond acceptors (Lipinski definition) is 3. The minimum absolute atomic E-state index is 0.493. The third kappa shape index (κ3) is 1.56. The SMILES string of the molecule is OC1=CSCN1C1CCCCC1. The van der Waals surface area contributed by atoms with Crippen LogP contribution in [0.2, 0.25) is 0 Å². The van der Waals surface area contributed by atoms with Crippen molar-refractivity contribution in [3.63, 3.8) is 0 Å². The molecule has 0 saturated heterocycles. The van der Waals surface area contributed by atoms with Gasteiger partial charge in [-0.1, -0.05) is 19.3 Å². The highest BCUT2D eigenvalue weighted by Gasteiger charge is 2.25. The van der Waals surface area contributed by atoms with E-state index in [0.717, 1.165) is 5.88 Å². The van der Waals surface area contributed by atoms with Crippen molar-refractivity contribution >= 4 is 11.8 Å². The van der Waals surface area contributed by atoms with Gasteiger partial charge in [-0.15, -0.1) is 11.8 Å². The summed E-state index contributed by atoms with van der Waals surface area (Å²) in [7, 11) is 0. The number of aliphatic hydroxyl groups excluding tert-OH is 1. The molecule has 0 aromatic rings. The molecule has 3 heteroatoms. The van der Waals surface area contributed by atoms with E-state index in [1.807, 2.05) is 5.41 Å². The molecule has 0 radical (unpaired) electrons. The summed E-state index contributed by atoms with van der Waals surface area (Å²) in [6, 6.07) is 0.616. The molecule has 0 atom stereocenters. The molecule has 1 N–H and O–H groups in total. The highest BCUT2D eigenvalue weighted by molar-refractivity contribution is 8.02. The van der Waals surface area contributed by atoms with Gasteiger partial charge in [-0.25, -0.2) is 0 Å². The average Bonchev–Trinajstić information content (AvgIpc) is 2.53. The lowest BCUT2D eigenvalue weighted by molar-refractivity contribution is 0.151. The van der Waals surface area contributed by atoms with Crippen LogP contribution in [-0.4, -0.2) is 21.9 Å². The van der Waals surface area contributed by atoms with E-state index < -0.39 is 0 Å². The predicted octanol–water partition coefficient (Wildman–Crippen LogP) is 2.68. The summed E-state index contributed by atoms with van der Waals surface area (Å²) in [5.74, 6) is 1.45. The topological polar surface area (TPSA) is 23.5 Å². The van der Waals surface area contributed by atoms with Gasteiger partial charge in [0.05, 0.1) is 5.88 Å². The lowest BCUT2D eigenvalue weighted by Crippen LogP contribution is -2.33. The summed E-state index contributed by atoms with van der Waals surface area (Å²) in [5, 5.41) is 11.4. The Balaban J connectivity index is 1.94. The Kier molecular flexibility index (Phi) is 2.49. The maximum absolute atomic E-state index is 9.51. The van der Waals surface area contributed by atoms with Gasteiger partial charge in [-0.3, -0.25) is 0 Å². The smallest absolute Gasteiger partial charge is 0.194 e. The van der Waals surface area contributed by atoms with Crippen LogP contribution in [0.3, 0.4) is 0 Å². The fraction of sp³-hybridized carbons (Fsp3) is 0.778. The maximum Gasteiger partial charge on any atom is 0.194 e. The Morgan fingerprint density at radius 1 is 1.33 bits per heavy atom. The van der Waals surface area contributed by atoms with Gasteiger partial charge in [0.1, 0.15) is 0 Å². The zero-order valence-electron chi connectivity index (χ0n) is 7.20. The molecule has 1 saturated carbocycles. The molecule has 0 aromatic carbocycles. The second-order valence-corrected chi connectivity index (χ2v) is 4.36.